The Balaban J connectivity index is 1.64. The fraction of sp³-hybridized carbons (Fsp3) is 0.458. The lowest BCUT2D eigenvalue weighted by molar-refractivity contribution is 0.140. The number of nitrogens with zero attached hydrogens (tertiary/aromatic N) is 2. The van der Waals surface area contributed by atoms with Gasteiger partial charge in [0, 0.05) is 54.7 Å². The van der Waals surface area contributed by atoms with Gasteiger partial charge in [-0.15, -0.1) is 0 Å². The summed E-state index contributed by atoms with van der Waals surface area (Å²) in [6.45, 7) is 6.41. The molecule has 5 nitrogen and oxygen atoms in total. The number of likely N-dealkylation sites (N-methyl/N-ethyl adjacent to an activating group) is 1. The Hall–Kier alpha value is -2.51. The first-order valence-electron chi connectivity index (χ1n) is 10.9. The SMILES string of the molecule is CC(C)C[C@H]1[C@H](c2c(F)cc(OC3CNC3)cc2F)c2ccc3[nH]ncc3c2CN1C. The summed E-state index contributed by atoms with van der Waals surface area (Å²) in [5.41, 5.74) is 3.12. The minimum atomic E-state index is -0.547. The second-order valence-electron chi connectivity index (χ2n) is 9.25. The van der Waals surface area contributed by atoms with Crippen LogP contribution in [0.3, 0.4) is 0 Å². The van der Waals surface area contributed by atoms with Gasteiger partial charge < -0.3 is 10.1 Å². The maximum atomic E-state index is 15.5. The Bertz CT molecular complexity index is 1090. The number of hydrogen-bond donors (Lipinski definition) is 2. The first-order valence-corrected chi connectivity index (χ1v) is 10.9. The van der Waals surface area contributed by atoms with E-state index in [1.165, 1.54) is 12.1 Å². The predicted molar refractivity (Wildman–Crippen MR) is 116 cm³/mol. The number of aromatic amines is 1. The average molecular weight is 427 g/mol. The van der Waals surface area contributed by atoms with Crippen molar-refractivity contribution in [3.8, 4) is 5.75 Å². The van der Waals surface area contributed by atoms with E-state index in [2.05, 4.69) is 34.3 Å². The fourth-order valence-corrected chi connectivity index (χ4v) is 5.00. The van der Waals surface area contributed by atoms with Crippen LogP contribution in [0.1, 0.15) is 42.9 Å². The zero-order valence-electron chi connectivity index (χ0n) is 18.1. The van der Waals surface area contributed by atoms with Crippen molar-refractivity contribution in [3.05, 3.63) is 58.8 Å². The molecule has 0 bridgehead atoms. The third kappa shape index (κ3) is 3.59. The van der Waals surface area contributed by atoms with E-state index < -0.39 is 17.6 Å². The molecule has 2 aliphatic heterocycles. The molecule has 3 aromatic rings. The van der Waals surface area contributed by atoms with Crippen LogP contribution in [0.15, 0.2) is 30.5 Å². The Labute approximate surface area is 180 Å². The second-order valence-corrected chi connectivity index (χ2v) is 9.25. The molecule has 5 rings (SSSR count). The van der Waals surface area contributed by atoms with Crippen LogP contribution in [-0.2, 0) is 6.54 Å². The fourth-order valence-electron chi connectivity index (χ4n) is 5.00. The summed E-state index contributed by atoms with van der Waals surface area (Å²) >= 11 is 0. The number of aromatic nitrogens is 2. The summed E-state index contributed by atoms with van der Waals surface area (Å²) in [7, 11) is 2.04. The Kier molecular flexibility index (Phi) is 5.18. The number of ether oxygens (including phenoxy) is 1. The molecule has 0 radical (unpaired) electrons. The lowest BCUT2D eigenvalue weighted by Gasteiger charge is -2.42. The number of halogens is 2. The number of rotatable bonds is 5. The van der Waals surface area contributed by atoms with Crippen molar-refractivity contribution in [2.45, 2.75) is 44.9 Å². The van der Waals surface area contributed by atoms with E-state index in [4.69, 9.17) is 4.74 Å². The van der Waals surface area contributed by atoms with Gasteiger partial charge in [-0.2, -0.15) is 5.10 Å². The molecule has 2 N–H and O–H groups in total. The number of nitrogens with one attached hydrogen (secondary N) is 2. The normalized spacial score (nSPS) is 22.0. The molecule has 0 unspecified atom stereocenters. The first kappa shape index (κ1) is 20.4. The predicted octanol–water partition coefficient (Wildman–Crippen LogP) is 4.18. The van der Waals surface area contributed by atoms with Crippen molar-refractivity contribution in [2.24, 2.45) is 5.92 Å². The second kappa shape index (κ2) is 7.88. The monoisotopic (exact) mass is 426 g/mol. The molecule has 7 heteroatoms. The Morgan fingerprint density at radius 1 is 1.19 bits per heavy atom. The van der Waals surface area contributed by atoms with Crippen LogP contribution in [0, 0.1) is 17.6 Å². The van der Waals surface area contributed by atoms with Crippen LogP contribution in [0.4, 0.5) is 8.78 Å². The van der Waals surface area contributed by atoms with Gasteiger partial charge >= 0.3 is 0 Å². The summed E-state index contributed by atoms with van der Waals surface area (Å²) < 4.78 is 36.7. The van der Waals surface area contributed by atoms with E-state index in [0.717, 1.165) is 35.0 Å². The van der Waals surface area contributed by atoms with Gasteiger partial charge in [0.15, 0.2) is 0 Å². The lowest BCUT2D eigenvalue weighted by Crippen LogP contribution is -2.50. The molecule has 0 amide bonds. The van der Waals surface area contributed by atoms with Crippen LogP contribution in [-0.4, -0.2) is 47.4 Å². The summed E-state index contributed by atoms with van der Waals surface area (Å²) in [6, 6.07) is 6.64. The summed E-state index contributed by atoms with van der Waals surface area (Å²) in [4.78, 5) is 2.22. The van der Waals surface area contributed by atoms with Crippen molar-refractivity contribution in [1.82, 2.24) is 20.4 Å². The Morgan fingerprint density at radius 3 is 2.58 bits per heavy atom. The summed E-state index contributed by atoms with van der Waals surface area (Å²) in [5, 5.41) is 11.3. The maximum absolute atomic E-state index is 15.5. The molecular weight excluding hydrogens is 398 g/mol. The molecule has 0 spiro atoms. The number of fused-ring (bicyclic) bond motifs is 3. The van der Waals surface area contributed by atoms with Crippen LogP contribution in [0.25, 0.3) is 10.9 Å². The van der Waals surface area contributed by atoms with Gasteiger partial charge in [-0.25, -0.2) is 8.78 Å². The highest BCUT2D eigenvalue weighted by Crippen LogP contribution is 2.44. The topological polar surface area (TPSA) is 53.2 Å². The van der Waals surface area contributed by atoms with E-state index in [-0.39, 0.29) is 23.5 Å². The minimum Gasteiger partial charge on any atom is -0.488 e. The molecule has 1 saturated heterocycles. The van der Waals surface area contributed by atoms with Crippen LogP contribution >= 0.6 is 0 Å². The third-order valence-corrected chi connectivity index (χ3v) is 6.59. The van der Waals surface area contributed by atoms with E-state index in [1.807, 2.05) is 19.2 Å². The molecule has 3 heterocycles. The van der Waals surface area contributed by atoms with Gasteiger partial charge in [0.05, 0.1) is 11.7 Å². The number of benzene rings is 2. The average Bonchev–Trinajstić information content (AvgIpc) is 3.15. The highest BCUT2D eigenvalue weighted by Gasteiger charge is 2.39. The molecule has 31 heavy (non-hydrogen) atoms. The van der Waals surface area contributed by atoms with Gasteiger partial charge in [-0.1, -0.05) is 19.9 Å². The molecule has 0 aliphatic carbocycles. The van der Waals surface area contributed by atoms with Gasteiger partial charge in [-0.3, -0.25) is 10.00 Å². The maximum Gasteiger partial charge on any atom is 0.133 e. The van der Waals surface area contributed by atoms with Gasteiger partial charge in [0.2, 0.25) is 0 Å². The van der Waals surface area contributed by atoms with E-state index in [0.29, 0.717) is 19.0 Å². The number of hydrogen-bond acceptors (Lipinski definition) is 4. The van der Waals surface area contributed by atoms with Crippen LogP contribution in [0.5, 0.6) is 5.75 Å². The van der Waals surface area contributed by atoms with E-state index in [1.54, 1.807) is 6.20 Å². The molecule has 0 saturated carbocycles. The van der Waals surface area contributed by atoms with Gasteiger partial charge in [0.25, 0.3) is 0 Å². The molecule has 2 atom stereocenters. The third-order valence-electron chi connectivity index (χ3n) is 6.59. The minimum absolute atomic E-state index is 0.0107. The largest absolute Gasteiger partial charge is 0.488 e. The van der Waals surface area contributed by atoms with Crippen LogP contribution < -0.4 is 10.1 Å². The standard InChI is InChI=1S/C24H28F2N4O/c1-13(2)6-22-23(16-4-5-21-17(11-28-29-21)18(16)12-30(22)3)24-19(25)7-14(8-20(24)26)31-15-9-27-10-15/h4-5,7-8,11,13,15,22-23,27H,6,9-10,12H2,1-3H3,(H,28,29)/t22-,23+/m0/s1. The lowest BCUT2D eigenvalue weighted by atomic mass is 9.75. The van der Waals surface area contributed by atoms with E-state index >= 15 is 8.78 Å². The molecule has 2 aliphatic rings. The first-order chi connectivity index (χ1) is 14.9. The zero-order valence-corrected chi connectivity index (χ0v) is 18.1. The zero-order chi connectivity index (χ0) is 21.7. The molecule has 1 fully saturated rings. The van der Waals surface area contributed by atoms with Crippen LogP contribution in [0.2, 0.25) is 0 Å². The van der Waals surface area contributed by atoms with Gasteiger partial charge in [0.1, 0.15) is 23.5 Å². The number of H-pyrrole nitrogens is 1. The molecule has 2 aromatic carbocycles. The summed E-state index contributed by atoms with van der Waals surface area (Å²) in [5.74, 6) is -0.853. The highest BCUT2D eigenvalue weighted by atomic mass is 19.1. The smallest absolute Gasteiger partial charge is 0.133 e. The van der Waals surface area contributed by atoms with Crippen molar-refractivity contribution in [1.29, 1.82) is 0 Å². The highest BCUT2D eigenvalue weighted by molar-refractivity contribution is 5.83. The quantitative estimate of drug-likeness (QED) is 0.643. The molecular formula is C24H28F2N4O. The Morgan fingerprint density at radius 2 is 1.94 bits per heavy atom. The van der Waals surface area contributed by atoms with Gasteiger partial charge in [-0.05, 0) is 36.6 Å². The van der Waals surface area contributed by atoms with Crippen molar-refractivity contribution >= 4 is 10.9 Å². The van der Waals surface area contributed by atoms with Crippen molar-refractivity contribution < 1.29 is 13.5 Å². The van der Waals surface area contributed by atoms with Crippen molar-refractivity contribution in [2.75, 3.05) is 20.1 Å². The van der Waals surface area contributed by atoms with Crippen molar-refractivity contribution in [3.63, 3.8) is 0 Å². The summed E-state index contributed by atoms with van der Waals surface area (Å²) in [6.07, 6.45) is 2.61. The van der Waals surface area contributed by atoms with E-state index in [9.17, 15) is 0 Å². The molecule has 164 valence electrons. The molecule has 1 aromatic heterocycles.